The van der Waals surface area contributed by atoms with Gasteiger partial charge in [0.1, 0.15) is 0 Å². The van der Waals surface area contributed by atoms with Gasteiger partial charge in [-0.05, 0) is 40.3 Å². The number of hydrogen-bond acceptors (Lipinski definition) is 5. The highest BCUT2D eigenvalue weighted by atomic mass is 127. The largest absolute Gasteiger partial charge is 0.450 e. The summed E-state index contributed by atoms with van der Waals surface area (Å²) in [5.74, 6) is 0.973. The van der Waals surface area contributed by atoms with Crippen LogP contribution in [0.3, 0.4) is 0 Å². The number of amides is 1. The maximum atomic E-state index is 11.8. The predicted molar refractivity (Wildman–Crippen MR) is 125 cm³/mol. The maximum Gasteiger partial charge on any atom is 0.409 e. The van der Waals surface area contributed by atoms with E-state index in [-0.39, 0.29) is 30.1 Å². The molecule has 0 spiro atoms. The molecule has 0 atom stereocenters. The SMILES string of the molecule is CCNC(=NCCCCN1CCN(C)CC1)N1CCN(C(=O)OCC)CC1.I. The third kappa shape index (κ3) is 8.69. The Hall–Kier alpha value is -0.810. The molecule has 0 aliphatic carbocycles. The van der Waals surface area contributed by atoms with Gasteiger partial charge in [-0.25, -0.2) is 4.79 Å². The summed E-state index contributed by atoms with van der Waals surface area (Å²) in [7, 11) is 2.20. The van der Waals surface area contributed by atoms with E-state index in [4.69, 9.17) is 9.73 Å². The van der Waals surface area contributed by atoms with Crippen LogP contribution in [0.25, 0.3) is 0 Å². The van der Waals surface area contributed by atoms with Crippen molar-refractivity contribution in [1.29, 1.82) is 0 Å². The summed E-state index contributed by atoms with van der Waals surface area (Å²) in [6, 6.07) is 0. The summed E-state index contributed by atoms with van der Waals surface area (Å²) < 4.78 is 5.09. The Kier molecular flexibility index (Phi) is 12.8. The quantitative estimate of drug-likeness (QED) is 0.242. The lowest BCUT2D eigenvalue weighted by atomic mass is 10.2. The monoisotopic (exact) mass is 510 g/mol. The van der Waals surface area contributed by atoms with Crippen LogP contribution in [0.4, 0.5) is 4.79 Å². The zero-order valence-corrected chi connectivity index (χ0v) is 20.2. The van der Waals surface area contributed by atoms with Crippen molar-refractivity contribution in [3.8, 4) is 0 Å². The third-order valence-corrected chi connectivity index (χ3v) is 5.18. The van der Waals surface area contributed by atoms with Crippen molar-refractivity contribution in [3.63, 3.8) is 0 Å². The number of nitrogens with one attached hydrogen (secondary N) is 1. The molecule has 28 heavy (non-hydrogen) atoms. The Bertz CT molecular complexity index is 463. The molecule has 9 heteroatoms. The highest BCUT2D eigenvalue weighted by Gasteiger charge is 2.23. The van der Waals surface area contributed by atoms with Gasteiger partial charge in [0.2, 0.25) is 0 Å². The van der Waals surface area contributed by atoms with Crippen molar-refractivity contribution < 1.29 is 9.53 Å². The summed E-state index contributed by atoms with van der Waals surface area (Å²) in [5.41, 5.74) is 0. The van der Waals surface area contributed by atoms with E-state index in [0.29, 0.717) is 19.7 Å². The smallest absolute Gasteiger partial charge is 0.409 e. The Balaban J connectivity index is 0.00000392. The van der Waals surface area contributed by atoms with Crippen LogP contribution in [0.2, 0.25) is 0 Å². The van der Waals surface area contributed by atoms with Crippen molar-refractivity contribution in [2.75, 3.05) is 85.6 Å². The van der Waals surface area contributed by atoms with Crippen LogP contribution in [0, 0.1) is 0 Å². The van der Waals surface area contributed by atoms with Crippen LogP contribution in [-0.2, 0) is 4.74 Å². The van der Waals surface area contributed by atoms with Gasteiger partial charge < -0.3 is 29.7 Å². The molecular formula is C19H39IN6O2. The molecule has 0 radical (unpaired) electrons. The Morgan fingerprint density at radius 3 is 2.21 bits per heavy atom. The number of halogens is 1. The van der Waals surface area contributed by atoms with E-state index >= 15 is 0 Å². The standard InChI is InChI=1S/C19H38N6O2.HI/c1-4-20-18(24-14-16-25(17-15-24)19(26)27-5-2)21-8-6-7-9-23-12-10-22(3)11-13-23;/h4-17H2,1-3H3,(H,20,21);1H. The first kappa shape index (κ1) is 25.2. The minimum Gasteiger partial charge on any atom is -0.450 e. The first-order chi connectivity index (χ1) is 13.1. The number of carbonyl (C=O) groups excluding carboxylic acids is 1. The van der Waals surface area contributed by atoms with Crippen molar-refractivity contribution in [2.24, 2.45) is 4.99 Å². The minimum absolute atomic E-state index is 0. The van der Waals surface area contributed by atoms with Gasteiger partial charge >= 0.3 is 6.09 Å². The number of unbranched alkanes of at least 4 members (excludes halogenated alkanes) is 1. The number of rotatable bonds is 7. The molecular weight excluding hydrogens is 471 g/mol. The highest BCUT2D eigenvalue weighted by Crippen LogP contribution is 2.06. The van der Waals surface area contributed by atoms with Gasteiger partial charge in [0.05, 0.1) is 6.61 Å². The molecule has 0 unspecified atom stereocenters. The van der Waals surface area contributed by atoms with E-state index < -0.39 is 0 Å². The van der Waals surface area contributed by atoms with E-state index in [0.717, 1.165) is 38.6 Å². The van der Waals surface area contributed by atoms with E-state index in [2.05, 4.69) is 34.0 Å². The molecule has 0 saturated carbocycles. The fourth-order valence-electron chi connectivity index (χ4n) is 3.45. The van der Waals surface area contributed by atoms with Gasteiger partial charge in [-0.2, -0.15) is 0 Å². The van der Waals surface area contributed by atoms with E-state index in [9.17, 15) is 4.79 Å². The molecule has 2 aliphatic rings. The summed E-state index contributed by atoms with van der Waals surface area (Å²) in [6.45, 7) is 15.0. The fourth-order valence-corrected chi connectivity index (χ4v) is 3.45. The molecule has 1 N–H and O–H groups in total. The topological polar surface area (TPSA) is 63.7 Å². The Labute approximate surface area is 187 Å². The van der Waals surface area contributed by atoms with Crippen LogP contribution < -0.4 is 5.32 Å². The average molecular weight is 510 g/mol. The minimum atomic E-state index is -0.206. The number of likely N-dealkylation sites (N-methyl/N-ethyl adjacent to an activating group) is 1. The van der Waals surface area contributed by atoms with Crippen LogP contribution in [0.15, 0.2) is 4.99 Å². The van der Waals surface area contributed by atoms with E-state index in [1.807, 2.05) is 6.92 Å². The van der Waals surface area contributed by atoms with Gasteiger partial charge in [-0.15, -0.1) is 24.0 Å². The molecule has 0 aromatic carbocycles. The van der Waals surface area contributed by atoms with E-state index in [1.54, 1.807) is 4.90 Å². The molecule has 2 fully saturated rings. The average Bonchev–Trinajstić information content (AvgIpc) is 2.68. The summed E-state index contributed by atoms with van der Waals surface area (Å²) >= 11 is 0. The zero-order valence-electron chi connectivity index (χ0n) is 17.9. The van der Waals surface area contributed by atoms with Gasteiger partial charge in [0.25, 0.3) is 0 Å². The van der Waals surface area contributed by atoms with Crippen LogP contribution in [-0.4, -0.2) is 117 Å². The number of hydrogen-bond donors (Lipinski definition) is 1. The summed E-state index contributed by atoms with van der Waals surface area (Å²) in [4.78, 5) is 25.6. The molecule has 2 aliphatic heterocycles. The van der Waals surface area contributed by atoms with Crippen LogP contribution >= 0.6 is 24.0 Å². The predicted octanol–water partition coefficient (Wildman–Crippen LogP) is 1.37. The molecule has 164 valence electrons. The van der Waals surface area contributed by atoms with E-state index in [1.165, 1.54) is 39.1 Å². The Morgan fingerprint density at radius 1 is 0.964 bits per heavy atom. The van der Waals surface area contributed by atoms with Crippen LogP contribution in [0.1, 0.15) is 26.7 Å². The molecule has 0 bridgehead atoms. The molecule has 8 nitrogen and oxygen atoms in total. The van der Waals surface area contributed by atoms with Crippen molar-refractivity contribution in [1.82, 2.24) is 24.9 Å². The number of ether oxygens (including phenoxy) is 1. The van der Waals surface area contributed by atoms with Crippen molar-refractivity contribution in [3.05, 3.63) is 0 Å². The second-order valence-corrected chi connectivity index (χ2v) is 7.26. The first-order valence-electron chi connectivity index (χ1n) is 10.5. The number of carbonyl (C=O) groups is 1. The number of piperazine rings is 2. The second-order valence-electron chi connectivity index (χ2n) is 7.26. The first-order valence-corrected chi connectivity index (χ1v) is 10.5. The Morgan fingerprint density at radius 2 is 1.61 bits per heavy atom. The zero-order chi connectivity index (χ0) is 19.5. The molecule has 2 saturated heterocycles. The molecule has 0 aromatic heterocycles. The number of aliphatic imine (C=N–C) groups is 1. The summed E-state index contributed by atoms with van der Waals surface area (Å²) in [6.07, 6.45) is 2.11. The molecule has 2 rings (SSSR count). The lowest BCUT2D eigenvalue weighted by molar-refractivity contribution is 0.0914. The summed E-state index contributed by atoms with van der Waals surface area (Å²) in [5, 5.41) is 3.39. The van der Waals surface area contributed by atoms with Gasteiger partial charge in [-0.3, -0.25) is 4.99 Å². The maximum absolute atomic E-state index is 11.8. The normalized spacial score (nSPS) is 19.3. The second kappa shape index (κ2) is 14.2. The van der Waals surface area contributed by atoms with Gasteiger partial charge in [0, 0.05) is 65.4 Å². The lowest BCUT2D eigenvalue weighted by Crippen LogP contribution is -2.53. The van der Waals surface area contributed by atoms with Crippen molar-refractivity contribution >= 4 is 36.0 Å². The van der Waals surface area contributed by atoms with Gasteiger partial charge in [0.15, 0.2) is 5.96 Å². The number of nitrogens with zero attached hydrogens (tertiary/aromatic N) is 5. The molecule has 1 amide bonds. The molecule has 0 aromatic rings. The molecule has 2 heterocycles. The number of guanidine groups is 1. The van der Waals surface area contributed by atoms with Crippen LogP contribution in [0.5, 0.6) is 0 Å². The van der Waals surface area contributed by atoms with Gasteiger partial charge in [-0.1, -0.05) is 0 Å². The fraction of sp³-hybridized carbons (Fsp3) is 0.895. The lowest BCUT2D eigenvalue weighted by Gasteiger charge is -2.36. The third-order valence-electron chi connectivity index (χ3n) is 5.18. The highest BCUT2D eigenvalue weighted by molar-refractivity contribution is 14.0. The van der Waals surface area contributed by atoms with Crippen molar-refractivity contribution in [2.45, 2.75) is 26.7 Å².